The van der Waals surface area contributed by atoms with Gasteiger partial charge in [-0.1, -0.05) is 26.0 Å². The number of fused-ring (bicyclic) bond motifs is 1. The highest BCUT2D eigenvalue weighted by Crippen LogP contribution is 2.22. The highest BCUT2D eigenvalue weighted by molar-refractivity contribution is 7.15. The topological polar surface area (TPSA) is 29.3 Å². The first-order valence-electron chi connectivity index (χ1n) is 7.32. The molecule has 1 N–H and O–H groups in total. The average Bonchev–Trinajstić information content (AvgIpc) is 2.96. The Labute approximate surface area is 129 Å². The molecule has 0 saturated heterocycles. The molecule has 0 bridgehead atoms. The summed E-state index contributed by atoms with van der Waals surface area (Å²) >= 11 is 1.70. The summed E-state index contributed by atoms with van der Waals surface area (Å²) in [5, 5.41) is 5.69. The van der Waals surface area contributed by atoms with Gasteiger partial charge in [-0.25, -0.2) is 4.98 Å². The normalized spacial score (nSPS) is 11.5. The Morgan fingerprint density at radius 2 is 2.10 bits per heavy atom. The fraction of sp³-hybridized carbons (Fsp3) is 0.353. The van der Waals surface area contributed by atoms with E-state index < -0.39 is 0 Å². The SMILES string of the molecule is Cc1nc2scc(C)n2c1CNc1cccc(C(C)C)c1. The van der Waals surface area contributed by atoms with Crippen molar-refractivity contribution in [1.29, 1.82) is 0 Å². The number of imidazole rings is 1. The van der Waals surface area contributed by atoms with Crippen LogP contribution in [0.1, 0.15) is 42.4 Å². The number of thiazole rings is 1. The Morgan fingerprint density at radius 1 is 1.29 bits per heavy atom. The van der Waals surface area contributed by atoms with E-state index in [2.05, 4.69) is 72.0 Å². The molecule has 3 nitrogen and oxygen atoms in total. The number of benzene rings is 1. The maximum absolute atomic E-state index is 4.63. The lowest BCUT2D eigenvalue weighted by molar-refractivity contribution is 0.866. The molecule has 3 aromatic rings. The zero-order chi connectivity index (χ0) is 15.0. The summed E-state index contributed by atoms with van der Waals surface area (Å²) in [5.41, 5.74) is 6.14. The lowest BCUT2D eigenvalue weighted by Crippen LogP contribution is -2.05. The number of hydrogen-bond acceptors (Lipinski definition) is 3. The lowest BCUT2D eigenvalue weighted by atomic mass is 10.0. The number of aryl methyl sites for hydroxylation is 2. The molecule has 2 aromatic heterocycles. The van der Waals surface area contributed by atoms with Crippen LogP contribution in [0.15, 0.2) is 29.6 Å². The van der Waals surface area contributed by atoms with E-state index in [1.807, 2.05) is 0 Å². The molecule has 0 radical (unpaired) electrons. The quantitative estimate of drug-likeness (QED) is 0.753. The Morgan fingerprint density at radius 3 is 2.86 bits per heavy atom. The van der Waals surface area contributed by atoms with Gasteiger partial charge >= 0.3 is 0 Å². The fourth-order valence-corrected chi connectivity index (χ4v) is 3.50. The molecule has 0 atom stereocenters. The van der Waals surface area contributed by atoms with E-state index in [4.69, 9.17) is 0 Å². The van der Waals surface area contributed by atoms with Crippen LogP contribution >= 0.6 is 11.3 Å². The average molecular weight is 299 g/mol. The van der Waals surface area contributed by atoms with Gasteiger partial charge in [0, 0.05) is 16.8 Å². The van der Waals surface area contributed by atoms with Gasteiger partial charge in [-0.3, -0.25) is 4.40 Å². The van der Waals surface area contributed by atoms with Crippen molar-refractivity contribution < 1.29 is 0 Å². The molecular weight excluding hydrogens is 278 g/mol. The van der Waals surface area contributed by atoms with Crippen LogP contribution in [-0.2, 0) is 6.54 Å². The number of anilines is 1. The maximum Gasteiger partial charge on any atom is 0.194 e. The van der Waals surface area contributed by atoms with Crippen LogP contribution in [0.25, 0.3) is 4.96 Å². The molecule has 110 valence electrons. The molecule has 3 rings (SSSR count). The zero-order valence-corrected chi connectivity index (χ0v) is 13.8. The van der Waals surface area contributed by atoms with Crippen molar-refractivity contribution in [3.8, 4) is 0 Å². The first-order valence-corrected chi connectivity index (χ1v) is 8.20. The first-order chi connectivity index (χ1) is 10.1. The Balaban J connectivity index is 1.85. The monoisotopic (exact) mass is 299 g/mol. The van der Waals surface area contributed by atoms with Crippen LogP contribution in [0.3, 0.4) is 0 Å². The van der Waals surface area contributed by atoms with Gasteiger partial charge in [-0.2, -0.15) is 0 Å². The third-order valence-electron chi connectivity index (χ3n) is 3.84. The van der Waals surface area contributed by atoms with Gasteiger partial charge < -0.3 is 5.32 Å². The van der Waals surface area contributed by atoms with Gasteiger partial charge in [-0.15, -0.1) is 11.3 Å². The molecule has 0 saturated carbocycles. The number of rotatable bonds is 4. The number of nitrogens with one attached hydrogen (secondary N) is 1. The van der Waals surface area contributed by atoms with E-state index in [9.17, 15) is 0 Å². The predicted molar refractivity (Wildman–Crippen MR) is 90.4 cm³/mol. The summed E-state index contributed by atoms with van der Waals surface area (Å²) in [4.78, 5) is 5.71. The third kappa shape index (κ3) is 2.68. The smallest absolute Gasteiger partial charge is 0.194 e. The molecule has 4 heteroatoms. The molecule has 0 spiro atoms. The minimum Gasteiger partial charge on any atom is -0.379 e. The van der Waals surface area contributed by atoms with Crippen molar-refractivity contribution in [2.45, 2.75) is 40.2 Å². The van der Waals surface area contributed by atoms with Crippen molar-refractivity contribution in [2.24, 2.45) is 0 Å². The maximum atomic E-state index is 4.63. The number of nitrogens with zero attached hydrogens (tertiary/aromatic N) is 2. The van der Waals surface area contributed by atoms with E-state index in [1.54, 1.807) is 11.3 Å². The van der Waals surface area contributed by atoms with Crippen LogP contribution in [-0.4, -0.2) is 9.38 Å². The van der Waals surface area contributed by atoms with E-state index in [0.29, 0.717) is 5.92 Å². The second-order valence-corrected chi connectivity index (χ2v) is 6.61. The summed E-state index contributed by atoms with van der Waals surface area (Å²) in [7, 11) is 0. The molecule has 0 aliphatic heterocycles. The summed E-state index contributed by atoms with van der Waals surface area (Å²) < 4.78 is 2.25. The molecule has 0 aliphatic rings. The Hall–Kier alpha value is -1.81. The van der Waals surface area contributed by atoms with Gasteiger partial charge in [0.1, 0.15) is 0 Å². The van der Waals surface area contributed by atoms with E-state index in [-0.39, 0.29) is 0 Å². The van der Waals surface area contributed by atoms with Gasteiger partial charge in [0.25, 0.3) is 0 Å². The van der Waals surface area contributed by atoms with Crippen LogP contribution in [0.2, 0.25) is 0 Å². The molecular formula is C17H21N3S. The molecule has 1 aromatic carbocycles. The highest BCUT2D eigenvalue weighted by Gasteiger charge is 2.11. The molecule has 0 aliphatic carbocycles. The summed E-state index contributed by atoms with van der Waals surface area (Å²) in [6.45, 7) is 9.46. The lowest BCUT2D eigenvalue weighted by Gasteiger charge is -2.11. The van der Waals surface area contributed by atoms with Crippen molar-refractivity contribution in [3.63, 3.8) is 0 Å². The van der Waals surface area contributed by atoms with Crippen molar-refractivity contribution in [3.05, 3.63) is 52.3 Å². The van der Waals surface area contributed by atoms with Crippen molar-refractivity contribution in [1.82, 2.24) is 9.38 Å². The largest absolute Gasteiger partial charge is 0.379 e. The summed E-state index contributed by atoms with van der Waals surface area (Å²) in [6.07, 6.45) is 0. The fourth-order valence-electron chi connectivity index (χ4n) is 2.57. The van der Waals surface area contributed by atoms with E-state index >= 15 is 0 Å². The molecule has 0 unspecified atom stereocenters. The van der Waals surface area contributed by atoms with Crippen LogP contribution in [0.4, 0.5) is 5.69 Å². The number of hydrogen-bond donors (Lipinski definition) is 1. The van der Waals surface area contributed by atoms with Gasteiger partial charge in [0.15, 0.2) is 4.96 Å². The first kappa shape index (κ1) is 14.1. The molecule has 0 fully saturated rings. The Kier molecular flexibility index (Phi) is 3.72. The van der Waals surface area contributed by atoms with E-state index in [1.165, 1.54) is 22.6 Å². The minimum absolute atomic E-state index is 0.550. The standard InChI is InChI=1S/C17H21N3S/c1-11(2)14-6-5-7-15(8-14)18-9-16-13(4)19-17-20(16)12(3)10-21-17/h5-8,10-11,18H,9H2,1-4H3. The van der Waals surface area contributed by atoms with Crippen LogP contribution in [0, 0.1) is 13.8 Å². The van der Waals surface area contributed by atoms with Crippen molar-refractivity contribution >= 4 is 22.0 Å². The second kappa shape index (κ2) is 5.53. The van der Waals surface area contributed by atoms with Crippen LogP contribution in [0.5, 0.6) is 0 Å². The Bertz CT molecular complexity index is 768. The molecule has 21 heavy (non-hydrogen) atoms. The second-order valence-electron chi connectivity index (χ2n) is 5.77. The summed E-state index contributed by atoms with van der Waals surface area (Å²) in [5.74, 6) is 0.550. The molecule has 2 heterocycles. The zero-order valence-electron chi connectivity index (χ0n) is 13.0. The summed E-state index contributed by atoms with van der Waals surface area (Å²) in [6, 6.07) is 8.66. The van der Waals surface area contributed by atoms with Gasteiger partial charge in [-0.05, 0) is 37.5 Å². The molecule has 0 amide bonds. The van der Waals surface area contributed by atoms with Crippen molar-refractivity contribution in [2.75, 3.05) is 5.32 Å². The number of aromatic nitrogens is 2. The predicted octanol–water partition coefficient (Wildman–Crippen LogP) is 4.75. The third-order valence-corrected chi connectivity index (χ3v) is 4.79. The van der Waals surface area contributed by atoms with E-state index in [0.717, 1.165) is 17.2 Å². The highest BCUT2D eigenvalue weighted by atomic mass is 32.1. The van der Waals surface area contributed by atoms with Gasteiger partial charge in [0.05, 0.1) is 17.9 Å². The minimum atomic E-state index is 0.550. The van der Waals surface area contributed by atoms with Crippen LogP contribution < -0.4 is 5.32 Å². The van der Waals surface area contributed by atoms with Gasteiger partial charge in [0.2, 0.25) is 0 Å².